The number of benzene rings is 2. The first-order valence-corrected chi connectivity index (χ1v) is 12.5. The number of carbonyl (C=O) groups excluding carboxylic acids is 2. The molecule has 2 aliphatic rings. The zero-order valence-corrected chi connectivity index (χ0v) is 19.9. The molecule has 0 spiro atoms. The van der Waals surface area contributed by atoms with Gasteiger partial charge < -0.3 is 15.4 Å². The van der Waals surface area contributed by atoms with Gasteiger partial charge in [0.2, 0.25) is 15.9 Å². The third-order valence-corrected chi connectivity index (χ3v) is 8.18. The number of aryl methyl sites for hydroxylation is 2. The topological polar surface area (TPSA) is 105 Å². The van der Waals surface area contributed by atoms with Crippen LogP contribution in [0.1, 0.15) is 36.5 Å². The summed E-state index contributed by atoms with van der Waals surface area (Å²) >= 11 is 0. The van der Waals surface area contributed by atoms with Crippen molar-refractivity contribution in [3.8, 4) is 5.75 Å². The molecular formula is C24H29N3O5S. The quantitative estimate of drug-likeness (QED) is 0.698. The van der Waals surface area contributed by atoms with Crippen molar-refractivity contribution in [3.63, 3.8) is 0 Å². The first kappa shape index (κ1) is 23.3. The third kappa shape index (κ3) is 4.89. The number of amides is 2. The van der Waals surface area contributed by atoms with Crippen LogP contribution in [0.4, 0.5) is 5.69 Å². The van der Waals surface area contributed by atoms with Crippen molar-refractivity contribution in [2.24, 2.45) is 5.92 Å². The van der Waals surface area contributed by atoms with Crippen LogP contribution in [-0.4, -0.2) is 43.7 Å². The Morgan fingerprint density at radius 1 is 1.21 bits per heavy atom. The molecule has 33 heavy (non-hydrogen) atoms. The summed E-state index contributed by atoms with van der Waals surface area (Å²) < 4.78 is 33.9. The van der Waals surface area contributed by atoms with E-state index in [2.05, 4.69) is 10.6 Å². The minimum atomic E-state index is -3.83. The van der Waals surface area contributed by atoms with E-state index in [0.717, 1.165) is 11.1 Å². The van der Waals surface area contributed by atoms with Gasteiger partial charge in [-0.25, -0.2) is 8.42 Å². The second kappa shape index (κ2) is 9.15. The summed E-state index contributed by atoms with van der Waals surface area (Å²) in [7, 11) is -3.83. The van der Waals surface area contributed by atoms with Gasteiger partial charge in [-0.3, -0.25) is 9.59 Å². The average molecular weight is 472 g/mol. The van der Waals surface area contributed by atoms with Crippen molar-refractivity contribution in [1.29, 1.82) is 0 Å². The highest BCUT2D eigenvalue weighted by molar-refractivity contribution is 7.89. The van der Waals surface area contributed by atoms with Gasteiger partial charge >= 0.3 is 0 Å². The molecule has 2 heterocycles. The third-order valence-electron chi connectivity index (χ3n) is 6.17. The van der Waals surface area contributed by atoms with E-state index in [1.165, 1.54) is 10.4 Å². The van der Waals surface area contributed by atoms with Crippen LogP contribution in [0.25, 0.3) is 0 Å². The lowest BCUT2D eigenvalue weighted by atomic mass is 9.98. The number of piperidine rings is 1. The number of carbonyl (C=O) groups is 2. The Morgan fingerprint density at radius 2 is 1.94 bits per heavy atom. The van der Waals surface area contributed by atoms with Crippen LogP contribution >= 0.6 is 0 Å². The van der Waals surface area contributed by atoms with Gasteiger partial charge in [0, 0.05) is 25.7 Å². The van der Waals surface area contributed by atoms with Crippen molar-refractivity contribution in [1.82, 2.24) is 9.62 Å². The van der Waals surface area contributed by atoms with Gasteiger partial charge in [0.15, 0.2) is 6.10 Å². The fourth-order valence-electron chi connectivity index (χ4n) is 4.17. The summed E-state index contributed by atoms with van der Waals surface area (Å²) in [4.78, 5) is 24.8. The van der Waals surface area contributed by atoms with Gasteiger partial charge in [0.1, 0.15) is 5.75 Å². The van der Waals surface area contributed by atoms with E-state index in [1.807, 2.05) is 31.2 Å². The Labute approximate surface area is 194 Å². The molecule has 1 saturated heterocycles. The standard InChI is InChI=1S/C24H29N3O5S/c1-15-6-8-18(9-7-15)13-25-24(29)19-5-4-10-27(14-19)33(30,31)22-12-21-20(11-16(22)2)26-23(28)17(3)32-21/h6-9,11-12,17,19H,4-5,10,13-14H2,1-3H3,(H,25,29)(H,26,28)/t17-,19-/m1/s1. The van der Waals surface area contributed by atoms with E-state index in [4.69, 9.17) is 4.74 Å². The van der Waals surface area contributed by atoms with Gasteiger partial charge in [-0.2, -0.15) is 4.31 Å². The second-order valence-electron chi connectivity index (χ2n) is 8.77. The predicted molar refractivity (Wildman–Crippen MR) is 124 cm³/mol. The molecule has 0 bridgehead atoms. The molecule has 0 radical (unpaired) electrons. The molecule has 0 saturated carbocycles. The summed E-state index contributed by atoms with van der Waals surface area (Å²) in [5.41, 5.74) is 3.12. The van der Waals surface area contributed by atoms with Crippen LogP contribution in [-0.2, 0) is 26.2 Å². The Morgan fingerprint density at radius 3 is 2.67 bits per heavy atom. The summed E-state index contributed by atoms with van der Waals surface area (Å²) in [6.07, 6.45) is 0.546. The van der Waals surface area contributed by atoms with E-state index in [0.29, 0.717) is 42.9 Å². The largest absolute Gasteiger partial charge is 0.479 e. The Bertz CT molecular complexity index is 1180. The van der Waals surface area contributed by atoms with E-state index >= 15 is 0 Å². The number of nitrogens with one attached hydrogen (secondary N) is 2. The van der Waals surface area contributed by atoms with E-state index in [-0.39, 0.29) is 23.3 Å². The van der Waals surface area contributed by atoms with Crippen molar-refractivity contribution in [3.05, 3.63) is 53.1 Å². The summed E-state index contributed by atoms with van der Waals surface area (Å²) in [5.74, 6) is -0.492. The molecule has 2 aliphatic heterocycles. The summed E-state index contributed by atoms with van der Waals surface area (Å²) in [5, 5.41) is 5.68. The first-order valence-electron chi connectivity index (χ1n) is 11.1. The second-order valence-corrected chi connectivity index (χ2v) is 10.7. The highest BCUT2D eigenvalue weighted by atomic mass is 32.2. The van der Waals surface area contributed by atoms with Crippen LogP contribution in [0, 0.1) is 19.8 Å². The molecule has 2 amide bonds. The van der Waals surface area contributed by atoms with Crippen molar-refractivity contribution in [2.45, 2.75) is 51.2 Å². The molecule has 0 aliphatic carbocycles. The lowest BCUT2D eigenvalue weighted by molar-refractivity contribution is -0.126. The lowest BCUT2D eigenvalue weighted by Gasteiger charge is -2.32. The molecule has 8 nitrogen and oxygen atoms in total. The van der Waals surface area contributed by atoms with Crippen molar-refractivity contribution in [2.75, 3.05) is 18.4 Å². The number of nitrogens with zero attached hydrogens (tertiary/aromatic N) is 1. The van der Waals surface area contributed by atoms with Crippen molar-refractivity contribution < 1.29 is 22.7 Å². The van der Waals surface area contributed by atoms with Gasteiger partial charge in [-0.05, 0) is 50.8 Å². The van der Waals surface area contributed by atoms with Gasteiger partial charge in [-0.15, -0.1) is 0 Å². The number of fused-ring (bicyclic) bond motifs is 1. The van der Waals surface area contributed by atoms with Crippen molar-refractivity contribution >= 4 is 27.5 Å². The summed E-state index contributed by atoms with van der Waals surface area (Å²) in [6, 6.07) is 11.0. The Kier molecular flexibility index (Phi) is 6.45. The smallest absolute Gasteiger partial charge is 0.265 e. The van der Waals surface area contributed by atoms with E-state index in [9.17, 15) is 18.0 Å². The molecule has 2 aromatic rings. The van der Waals surface area contributed by atoms with Crippen LogP contribution in [0.2, 0.25) is 0 Å². The molecule has 176 valence electrons. The highest BCUT2D eigenvalue weighted by Crippen LogP contribution is 2.36. The van der Waals surface area contributed by atoms with Crippen LogP contribution < -0.4 is 15.4 Å². The fraction of sp³-hybridized carbons (Fsp3) is 0.417. The fourth-order valence-corrected chi connectivity index (χ4v) is 5.92. The minimum Gasteiger partial charge on any atom is -0.479 e. The van der Waals surface area contributed by atoms with Gasteiger partial charge in [-0.1, -0.05) is 29.8 Å². The van der Waals surface area contributed by atoms with Gasteiger partial charge in [0.25, 0.3) is 5.91 Å². The van der Waals surface area contributed by atoms with Crippen LogP contribution in [0.5, 0.6) is 5.75 Å². The van der Waals surface area contributed by atoms with E-state index < -0.39 is 22.0 Å². The maximum atomic E-state index is 13.5. The maximum absolute atomic E-state index is 13.5. The molecule has 2 aromatic carbocycles. The highest BCUT2D eigenvalue weighted by Gasteiger charge is 2.35. The molecule has 1 fully saturated rings. The lowest BCUT2D eigenvalue weighted by Crippen LogP contribution is -2.45. The number of rotatable bonds is 5. The molecule has 9 heteroatoms. The van der Waals surface area contributed by atoms with Crippen LogP contribution in [0.3, 0.4) is 0 Å². The zero-order chi connectivity index (χ0) is 23.8. The average Bonchev–Trinajstić information content (AvgIpc) is 2.79. The monoisotopic (exact) mass is 471 g/mol. The molecule has 2 atom stereocenters. The molecular weight excluding hydrogens is 442 g/mol. The Hall–Kier alpha value is -2.91. The number of ether oxygens (including phenoxy) is 1. The Balaban J connectivity index is 1.48. The number of hydrogen-bond acceptors (Lipinski definition) is 5. The number of hydrogen-bond donors (Lipinski definition) is 2. The predicted octanol–water partition coefficient (Wildman–Crippen LogP) is 2.74. The van der Waals surface area contributed by atoms with Gasteiger partial charge in [0.05, 0.1) is 16.5 Å². The number of anilines is 1. The molecule has 2 N–H and O–H groups in total. The zero-order valence-electron chi connectivity index (χ0n) is 19.1. The van der Waals surface area contributed by atoms with E-state index in [1.54, 1.807) is 19.9 Å². The normalized spacial score (nSPS) is 21.0. The number of sulfonamides is 1. The summed E-state index contributed by atoms with van der Waals surface area (Å²) in [6.45, 7) is 6.20. The molecule has 0 aromatic heterocycles. The maximum Gasteiger partial charge on any atom is 0.265 e. The van der Waals surface area contributed by atoms with Crippen LogP contribution in [0.15, 0.2) is 41.3 Å². The minimum absolute atomic E-state index is 0.130. The molecule has 0 unspecified atom stereocenters. The SMILES string of the molecule is Cc1ccc(CNC(=O)[C@@H]2CCCN(S(=O)(=O)c3cc4c(cc3C)NC(=O)[C@@H](C)O4)C2)cc1. The molecule has 4 rings (SSSR count). The first-order chi connectivity index (χ1) is 15.6.